The van der Waals surface area contributed by atoms with Gasteiger partial charge in [-0.15, -0.1) is 0 Å². The number of aryl methyl sites for hydroxylation is 3. The Bertz CT molecular complexity index is 2200. The summed E-state index contributed by atoms with van der Waals surface area (Å²) in [6.07, 6.45) is 3.81. The molecule has 230 valence electrons. The Morgan fingerprint density at radius 1 is 0.717 bits per heavy atom. The van der Waals surface area contributed by atoms with Crippen molar-refractivity contribution in [1.82, 2.24) is 19.3 Å². The van der Waals surface area contributed by atoms with Gasteiger partial charge >= 0.3 is 0 Å². The Morgan fingerprint density at radius 2 is 1.48 bits per heavy atom. The summed E-state index contributed by atoms with van der Waals surface area (Å²) in [5, 5.41) is 7.61. The highest BCUT2D eigenvalue weighted by Crippen LogP contribution is 2.39. The van der Waals surface area contributed by atoms with Gasteiger partial charge in [0.15, 0.2) is 0 Å². The number of para-hydroxylation sites is 1. The van der Waals surface area contributed by atoms with Crippen LogP contribution in [0.25, 0.3) is 44.4 Å². The van der Waals surface area contributed by atoms with E-state index in [0.717, 1.165) is 52.6 Å². The van der Waals surface area contributed by atoms with Gasteiger partial charge in [-0.3, -0.25) is 4.57 Å². The van der Waals surface area contributed by atoms with E-state index in [1.54, 1.807) is 0 Å². The van der Waals surface area contributed by atoms with E-state index < -0.39 is 0 Å². The van der Waals surface area contributed by atoms with Crippen LogP contribution in [0.1, 0.15) is 56.6 Å². The quantitative estimate of drug-likeness (QED) is 0.182. The average molecular weight is 605 g/mol. The van der Waals surface area contributed by atoms with E-state index in [-0.39, 0.29) is 5.41 Å². The average Bonchev–Trinajstić information content (AvgIpc) is 3.58. The molecule has 0 aliphatic rings. The Morgan fingerprint density at radius 3 is 2.24 bits per heavy atom. The van der Waals surface area contributed by atoms with Gasteiger partial charge in [-0.05, 0) is 73.9 Å². The zero-order valence-corrected chi connectivity index (χ0v) is 27.5. The zero-order chi connectivity index (χ0) is 32.0. The van der Waals surface area contributed by atoms with Crippen LogP contribution in [0.4, 0.5) is 0 Å². The van der Waals surface area contributed by atoms with Crippen molar-refractivity contribution < 1.29 is 4.74 Å². The summed E-state index contributed by atoms with van der Waals surface area (Å²) in [6, 6.07) is 36.1. The molecule has 0 saturated carbocycles. The molecule has 46 heavy (non-hydrogen) atoms. The molecule has 7 aromatic rings. The van der Waals surface area contributed by atoms with Gasteiger partial charge in [0.1, 0.15) is 17.3 Å². The third-order valence-electron chi connectivity index (χ3n) is 8.57. The van der Waals surface area contributed by atoms with Gasteiger partial charge in [0, 0.05) is 40.1 Å². The first-order chi connectivity index (χ1) is 22.2. The monoisotopic (exact) mass is 604 g/mol. The summed E-state index contributed by atoms with van der Waals surface area (Å²) >= 11 is 0. The van der Waals surface area contributed by atoms with Gasteiger partial charge in [-0.2, -0.15) is 5.10 Å². The number of benzene rings is 4. The fourth-order valence-electron chi connectivity index (χ4n) is 6.50. The Balaban J connectivity index is 1.32. The minimum Gasteiger partial charge on any atom is -0.457 e. The van der Waals surface area contributed by atoms with Crippen molar-refractivity contribution in [3.05, 3.63) is 132 Å². The first-order valence-corrected chi connectivity index (χ1v) is 16.1. The SMILES string of the molecule is CCCc1nn(-c2cccc(Oc3ccc4c5ccccc5n(-c5cc(C)ccn5)c4c3)c2)c(C(C)(C)C)c1-c1ccc(C)cc1. The molecule has 7 rings (SSSR count). The summed E-state index contributed by atoms with van der Waals surface area (Å²) in [4.78, 5) is 4.73. The number of hydrogen-bond acceptors (Lipinski definition) is 3. The van der Waals surface area contributed by atoms with Crippen LogP contribution in [0, 0.1) is 13.8 Å². The fraction of sp³-hybridized carbons (Fsp3) is 0.220. The minimum atomic E-state index is -0.141. The van der Waals surface area contributed by atoms with Gasteiger partial charge in [-0.25, -0.2) is 9.67 Å². The van der Waals surface area contributed by atoms with Crippen LogP contribution in [-0.2, 0) is 11.8 Å². The predicted octanol–water partition coefficient (Wildman–Crippen LogP) is 10.7. The van der Waals surface area contributed by atoms with Crippen LogP contribution in [0.2, 0.25) is 0 Å². The largest absolute Gasteiger partial charge is 0.457 e. The summed E-state index contributed by atoms with van der Waals surface area (Å²) in [6.45, 7) is 13.3. The predicted molar refractivity (Wildman–Crippen MR) is 190 cm³/mol. The van der Waals surface area contributed by atoms with Crippen molar-refractivity contribution in [2.45, 2.75) is 59.8 Å². The molecule has 0 atom stereocenters. The van der Waals surface area contributed by atoms with E-state index in [9.17, 15) is 0 Å². The summed E-state index contributed by atoms with van der Waals surface area (Å²) in [7, 11) is 0. The number of pyridine rings is 1. The maximum atomic E-state index is 6.59. The van der Waals surface area contributed by atoms with E-state index in [1.807, 2.05) is 18.3 Å². The highest BCUT2D eigenvalue weighted by atomic mass is 16.5. The van der Waals surface area contributed by atoms with Crippen molar-refractivity contribution in [2.75, 3.05) is 0 Å². The summed E-state index contributed by atoms with van der Waals surface area (Å²) in [5.41, 5.74) is 10.2. The molecule has 0 fully saturated rings. The van der Waals surface area contributed by atoms with Gasteiger partial charge in [0.05, 0.1) is 28.1 Å². The molecule has 5 nitrogen and oxygen atoms in total. The minimum absolute atomic E-state index is 0.141. The zero-order valence-electron chi connectivity index (χ0n) is 27.5. The lowest BCUT2D eigenvalue weighted by Gasteiger charge is -2.23. The van der Waals surface area contributed by atoms with E-state index in [0.29, 0.717) is 0 Å². The molecular formula is C41H40N4O. The molecule has 0 spiro atoms. The van der Waals surface area contributed by atoms with Crippen molar-refractivity contribution in [2.24, 2.45) is 0 Å². The van der Waals surface area contributed by atoms with Gasteiger partial charge in [-0.1, -0.05) is 88.2 Å². The normalized spacial score (nSPS) is 11.9. The molecule has 3 aromatic heterocycles. The van der Waals surface area contributed by atoms with Gasteiger partial charge in [0.25, 0.3) is 0 Å². The lowest BCUT2D eigenvalue weighted by Crippen LogP contribution is -2.18. The second kappa shape index (κ2) is 11.6. The third-order valence-corrected chi connectivity index (χ3v) is 8.57. The van der Waals surface area contributed by atoms with Crippen LogP contribution in [0.5, 0.6) is 11.5 Å². The van der Waals surface area contributed by atoms with Crippen LogP contribution >= 0.6 is 0 Å². The molecule has 0 unspecified atom stereocenters. The fourth-order valence-corrected chi connectivity index (χ4v) is 6.50. The van der Waals surface area contributed by atoms with Crippen LogP contribution < -0.4 is 4.74 Å². The maximum absolute atomic E-state index is 6.59. The second-order valence-corrected chi connectivity index (χ2v) is 13.3. The molecule has 0 saturated heterocycles. The van der Waals surface area contributed by atoms with E-state index in [4.69, 9.17) is 14.8 Å². The molecule has 0 aliphatic carbocycles. The molecule has 0 radical (unpaired) electrons. The van der Waals surface area contributed by atoms with Gasteiger partial charge in [0.2, 0.25) is 0 Å². The topological polar surface area (TPSA) is 44.9 Å². The number of rotatable bonds is 7. The Labute approximate surface area is 271 Å². The number of ether oxygens (including phenoxy) is 1. The highest BCUT2D eigenvalue weighted by molar-refractivity contribution is 6.09. The van der Waals surface area contributed by atoms with Gasteiger partial charge < -0.3 is 4.74 Å². The smallest absolute Gasteiger partial charge is 0.137 e. The molecule has 5 heteroatoms. The summed E-state index contributed by atoms with van der Waals surface area (Å²) in [5.74, 6) is 2.42. The van der Waals surface area contributed by atoms with Crippen molar-refractivity contribution in [1.29, 1.82) is 0 Å². The highest BCUT2D eigenvalue weighted by Gasteiger charge is 2.29. The second-order valence-electron chi connectivity index (χ2n) is 13.3. The molecule has 0 bridgehead atoms. The number of hydrogen-bond donors (Lipinski definition) is 0. The first-order valence-electron chi connectivity index (χ1n) is 16.1. The standard InChI is InChI=1S/C41H40N4O/c1-7-11-35-39(29-18-16-27(2)17-19-29)40(41(4,5)6)45(43-35)30-12-10-13-31(25-30)46-32-20-21-34-33-14-8-9-15-36(33)44(37(34)26-32)38-24-28(3)22-23-42-38/h8-10,12-26H,7,11H2,1-6H3. The van der Waals surface area contributed by atoms with Crippen LogP contribution in [0.15, 0.2) is 109 Å². The Hall–Kier alpha value is -5.16. The van der Waals surface area contributed by atoms with E-state index in [2.05, 4.69) is 142 Å². The van der Waals surface area contributed by atoms with Crippen LogP contribution in [-0.4, -0.2) is 19.3 Å². The van der Waals surface area contributed by atoms with E-state index >= 15 is 0 Å². The number of aromatic nitrogens is 4. The van der Waals surface area contributed by atoms with Crippen molar-refractivity contribution in [3.8, 4) is 34.1 Å². The molecule has 0 N–H and O–H groups in total. The third kappa shape index (κ3) is 5.36. The first kappa shape index (κ1) is 29.5. The lowest BCUT2D eigenvalue weighted by molar-refractivity contribution is 0.482. The number of fused-ring (bicyclic) bond motifs is 3. The number of nitrogens with zero attached hydrogens (tertiary/aromatic N) is 4. The molecular weight excluding hydrogens is 564 g/mol. The molecule has 0 amide bonds. The van der Waals surface area contributed by atoms with Crippen molar-refractivity contribution >= 4 is 21.8 Å². The van der Waals surface area contributed by atoms with E-state index in [1.165, 1.54) is 38.7 Å². The maximum Gasteiger partial charge on any atom is 0.137 e. The molecule has 3 heterocycles. The lowest BCUT2D eigenvalue weighted by atomic mass is 9.85. The van der Waals surface area contributed by atoms with Crippen LogP contribution in [0.3, 0.4) is 0 Å². The molecule has 4 aromatic carbocycles. The van der Waals surface area contributed by atoms with Crippen molar-refractivity contribution in [3.63, 3.8) is 0 Å². The Kier molecular flexibility index (Phi) is 7.48. The summed E-state index contributed by atoms with van der Waals surface area (Å²) < 4.78 is 11.0. The molecule has 0 aliphatic heterocycles.